The molecule has 1 aliphatic rings. The highest BCUT2D eigenvalue weighted by molar-refractivity contribution is 7.89. The molecular formula is C13H13N3O4S. The van der Waals surface area contributed by atoms with Gasteiger partial charge in [-0.2, -0.15) is 4.31 Å². The molecule has 0 saturated carbocycles. The normalized spacial score (nSPS) is 15.6. The summed E-state index contributed by atoms with van der Waals surface area (Å²) in [6.45, 7) is 0.523. The Bertz CT molecular complexity index is 898. The zero-order chi connectivity index (χ0) is 15.0. The fourth-order valence-corrected chi connectivity index (χ4v) is 3.82. The highest BCUT2D eigenvalue weighted by Gasteiger charge is 2.30. The first kappa shape index (κ1) is 13.8. The van der Waals surface area contributed by atoms with Crippen molar-refractivity contribution >= 4 is 10.0 Å². The molecule has 110 valence electrons. The lowest BCUT2D eigenvalue weighted by atomic mass is 10.0. The first-order chi connectivity index (χ1) is 9.98. The van der Waals surface area contributed by atoms with Crippen molar-refractivity contribution in [2.45, 2.75) is 17.9 Å². The van der Waals surface area contributed by atoms with E-state index in [1.165, 1.54) is 4.31 Å². The fraction of sp³-hybridized carbons (Fsp3) is 0.231. The van der Waals surface area contributed by atoms with Crippen LogP contribution in [0.4, 0.5) is 0 Å². The Labute approximate surface area is 120 Å². The smallest absolute Gasteiger partial charge is 0.313 e. The van der Waals surface area contributed by atoms with Gasteiger partial charge in [-0.3, -0.25) is 9.78 Å². The van der Waals surface area contributed by atoms with Gasteiger partial charge in [-0.05, 0) is 17.5 Å². The number of hydrogen-bond donors (Lipinski definition) is 2. The molecule has 0 radical (unpaired) electrons. The summed E-state index contributed by atoms with van der Waals surface area (Å²) >= 11 is 0. The van der Waals surface area contributed by atoms with Gasteiger partial charge in [-0.25, -0.2) is 13.2 Å². The van der Waals surface area contributed by atoms with E-state index < -0.39 is 26.2 Å². The van der Waals surface area contributed by atoms with E-state index in [1.54, 1.807) is 0 Å². The van der Waals surface area contributed by atoms with Crippen LogP contribution in [0.25, 0.3) is 0 Å². The predicted octanol–water partition coefficient (Wildman–Crippen LogP) is -0.190. The minimum Gasteiger partial charge on any atom is -0.313 e. The topological polar surface area (TPSA) is 103 Å². The Hall–Kier alpha value is -2.19. The molecule has 0 spiro atoms. The van der Waals surface area contributed by atoms with Gasteiger partial charge < -0.3 is 4.98 Å². The second-order valence-corrected chi connectivity index (χ2v) is 6.70. The molecule has 7 nitrogen and oxygen atoms in total. The SMILES string of the molecule is O=c1[nH]cc(S(=O)(=O)N2CCc3ccccc3C2)c(=O)[nH]1. The van der Waals surface area contributed by atoms with E-state index in [9.17, 15) is 18.0 Å². The maximum absolute atomic E-state index is 12.5. The number of nitrogens with one attached hydrogen (secondary N) is 2. The quantitative estimate of drug-likeness (QED) is 0.802. The summed E-state index contributed by atoms with van der Waals surface area (Å²) in [5.74, 6) is 0. The van der Waals surface area contributed by atoms with Crippen molar-refractivity contribution in [2.75, 3.05) is 6.54 Å². The maximum atomic E-state index is 12.5. The number of aromatic nitrogens is 2. The molecule has 1 aromatic heterocycles. The van der Waals surface area contributed by atoms with Crippen LogP contribution in [-0.4, -0.2) is 29.2 Å². The molecule has 8 heteroatoms. The van der Waals surface area contributed by atoms with Gasteiger partial charge in [-0.15, -0.1) is 0 Å². The van der Waals surface area contributed by atoms with Crippen LogP contribution in [0.15, 0.2) is 44.9 Å². The van der Waals surface area contributed by atoms with Crippen LogP contribution in [-0.2, 0) is 23.0 Å². The third-order valence-corrected chi connectivity index (χ3v) is 5.35. The van der Waals surface area contributed by atoms with Gasteiger partial charge in [-0.1, -0.05) is 24.3 Å². The zero-order valence-electron chi connectivity index (χ0n) is 11.0. The van der Waals surface area contributed by atoms with Crippen LogP contribution in [0.2, 0.25) is 0 Å². The lowest BCUT2D eigenvalue weighted by Crippen LogP contribution is -2.39. The predicted molar refractivity (Wildman–Crippen MR) is 75.4 cm³/mol. The van der Waals surface area contributed by atoms with E-state index in [4.69, 9.17) is 0 Å². The molecule has 1 aliphatic heterocycles. The molecular weight excluding hydrogens is 294 g/mol. The molecule has 2 N–H and O–H groups in total. The summed E-state index contributed by atoms with van der Waals surface area (Å²) in [4.78, 5) is 26.4. The summed E-state index contributed by atoms with van der Waals surface area (Å²) in [6, 6.07) is 7.59. The number of benzene rings is 1. The molecule has 0 aliphatic carbocycles. The van der Waals surface area contributed by atoms with Crippen molar-refractivity contribution in [3.05, 3.63) is 62.4 Å². The number of aromatic amines is 2. The Morgan fingerprint density at radius 3 is 2.52 bits per heavy atom. The fourth-order valence-electron chi connectivity index (χ4n) is 2.40. The van der Waals surface area contributed by atoms with E-state index in [0.29, 0.717) is 13.0 Å². The number of nitrogens with zero attached hydrogens (tertiary/aromatic N) is 1. The van der Waals surface area contributed by atoms with Crippen LogP contribution in [0.5, 0.6) is 0 Å². The van der Waals surface area contributed by atoms with Gasteiger partial charge in [0.1, 0.15) is 0 Å². The second kappa shape index (κ2) is 4.97. The van der Waals surface area contributed by atoms with Crippen LogP contribution in [0.1, 0.15) is 11.1 Å². The lowest BCUT2D eigenvalue weighted by molar-refractivity contribution is 0.390. The molecule has 1 aromatic carbocycles. The summed E-state index contributed by atoms with van der Waals surface area (Å²) in [6.07, 6.45) is 1.54. The minimum atomic E-state index is -3.93. The summed E-state index contributed by atoms with van der Waals surface area (Å²) in [5, 5.41) is 0. The van der Waals surface area contributed by atoms with Gasteiger partial charge in [0.15, 0.2) is 4.90 Å². The summed E-state index contributed by atoms with van der Waals surface area (Å²) in [5.41, 5.74) is 0.396. The summed E-state index contributed by atoms with van der Waals surface area (Å²) < 4.78 is 26.3. The molecule has 3 rings (SSSR count). The minimum absolute atomic E-state index is 0.219. The van der Waals surface area contributed by atoms with E-state index in [0.717, 1.165) is 17.3 Å². The van der Waals surface area contributed by atoms with Crippen molar-refractivity contribution in [1.29, 1.82) is 0 Å². The third kappa shape index (κ3) is 2.43. The highest BCUT2D eigenvalue weighted by Crippen LogP contribution is 2.22. The third-order valence-electron chi connectivity index (χ3n) is 3.50. The van der Waals surface area contributed by atoms with Crippen LogP contribution < -0.4 is 11.2 Å². The first-order valence-corrected chi connectivity index (χ1v) is 7.81. The molecule has 0 saturated heterocycles. The van der Waals surface area contributed by atoms with Crippen molar-refractivity contribution in [1.82, 2.24) is 14.3 Å². The molecule has 2 heterocycles. The van der Waals surface area contributed by atoms with Crippen LogP contribution in [0.3, 0.4) is 0 Å². The Morgan fingerprint density at radius 2 is 1.81 bits per heavy atom. The zero-order valence-corrected chi connectivity index (χ0v) is 11.8. The monoisotopic (exact) mass is 307 g/mol. The largest absolute Gasteiger partial charge is 0.325 e. The highest BCUT2D eigenvalue weighted by atomic mass is 32.2. The summed E-state index contributed by atoms with van der Waals surface area (Å²) in [7, 11) is -3.93. The number of sulfonamides is 1. The van der Waals surface area contributed by atoms with Gasteiger partial charge in [0, 0.05) is 19.3 Å². The van der Waals surface area contributed by atoms with E-state index in [-0.39, 0.29) is 6.54 Å². The van der Waals surface area contributed by atoms with Crippen molar-refractivity contribution in [3.8, 4) is 0 Å². The van der Waals surface area contributed by atoms with Crippen molar-refractivity contribution < 1.29 is 8.42 Å². The van der Waals surface area contributed by atoms with Crippen molar-refractivity contribution in [2.24, 2.45) is 0 Å². The number of hydrogen-bond acceptors (Lipinski definition) is 4. The van der Waals surface area contributed by atoms with E-state index >= 15 is 0 Å². The Kier molecular flexibility index (Phi) is 3.26. The van der Waals surface area contributed by atoms with Crippen LogP contribution >= 0.6 is 0 Å². The second-order valence-electron chi connectivity index (χ2n) is 4.79. The van der Waals surface area contributed by atoms with E-state index in [1.807, 2.05) is 29.2 Å². The molecule has 0 unspecified atom stereocenters. The lowest BCUT2D eigenvalue weighted by Gasteiger charge is -2.27. The Balaban J connectivity index is 2.01. The standard InChI is InChI=1S/C13H13N3O4S/c17-12-11(7-14-13(18)15-12)21(19,20)16-6-5-9-3-1-2-4-10(9)8-16/h1-4,7H,5-6,8H2,(H2,14,15,17,18). The van der Waals surface area contributed by atoms with Gasteiger partial charge in [0.05, 0.1) is 0 Å². The van der Waals surface area contributed by atoms with Crippen LogP contribution in [0, 0.1) is 0 Å². The molecule has 0 atom stereocenters. The van der Waals surface area contributed by atoms with E-state index in [2.05, 4.69) is 4.98 Å². The molecule has 21 heavy (non-hydrogen) atoms. The molecule has 0 bridgehead atoms. The Morgan fingerprint density at radius 1 is 1.10 bits per heavy atom. The van der Waals surface area contributed by atoms with Gasteiger partial charge in [0.2, 0.25) is 10.0 Å². The molecule has 0 amide bonds. The number of rotatable bonds is 2. The molecule has 2 aromatic rings. The number of H-pyrrole nitrogens is 2. The van der Waals surface area contributed by atoms with Gasteiger partial charge in [0.25, 0.3) is 5.56 Å². The molecule has 0 fully saturated rings. The first-order valence-electron chi connectivity index (χ1n) is 6.37. The van der Waals surface area contributed by atoms with Gasteiger partial charge >= 0.3 is 5.69 Å². The van der Waals surface area contributed by atoms with Crippen molar-refractivity contribution in [3.63, 3.8) is 0 Å². The number of fused-ring (bicyclic) bond motifs is 1. The average Bonchev–Trinajstić information content (AvgIpc) is 2.46. The maximum Gasteiger partial charge on any atom is 0.325 e. The average molecular weight is 307 g/mol.